The van der Waals surface area contributed by atoms with Gasteiger partial charge in [0.15, 0.2) is 17.4 Å². The van der Waals surface area contributed by atoms with Crippen molar-refractivity contribution in [1.29, 1.82) is 0 Å². The molecule has 29 heavy (non-hydrogen) atoms. The molecule has 0 atom stereocenters. The largest absolute Gasteiger partial charge is 0.494 e. The van der Waals surface area contributed by atoms with Crippen molar-refractivity contribution in [1.82, 2.24) is 25.3 Å². The lowest BCUT2D eigenvalue weighted by Crippen LogP contribution is -2.29. The van der Waals surface area contributed by atoms with E-state index in [-0.39, 0.29) is 17.2 Å². The van der Waals surface area contributed by atoms with Gasteiger partial charge in [-0.05, 0) is 56.7 Å². The van der Waals surface area contributed by atoms with E-state index in [9.17, 15) is 9.18 Å². The highest BCUT2D eigenvalue weighted by atomic mass is 19.1. The van der Waals surface area contributed by atoms with E-state index in [1.165, 1.54) is 19.2 Å². The number of methoxy groups -OCH3 is 1. The minimum absolute atomic E-state index is 0.0980. The monoisotopic (exact) mass is 398 g/mol. The number of halogens is 1. The molecule has 8 nitrogen and oxygen atoms in total. The molecule has 9 heteroatoms. The van der Waals surface area contributed by atoms with Gasteiger partial charge in [-0.2, -0.15) is 5.10 Å². The Labute approximate surface area is 168 Å². The molecule has 1 amide bonds. The number of hydrogen-bond acceptors (Lipinski definition) is 6. The van der Waals surface area contributed by atoms with Gasteiger partial charge < -0.3 is 15.4 Å². The quantitative estimate of drug-likeness (QED) is 0.594. The van der Waals surface area contributed by atoms with Crippen LogP contribution in [0, 0.1) is 26.6 Å². The molecule has 0 saturated heterocycles. The van der Waals surface area contributed by atoms with Crippen molar-refractivity contribution < 1.29 is 13.9 Å². The van der Waals surface area contributed by atoms with Crippen LogP contribution in [0.1, 0.15) is 27.3 Å². The third kappa shape index (κ3) is 4.50. The Balaban J connectivity index is 1.51. The summed E-state index contributed by atoms with van der Waals surface area (Å²) in [5.74, 6) is 0.373. The second kappa shape index (κ2) is 8.68. The van der Waals surface area contributed by atoms with Crippen LogP contribution in [0.4, 0.5) is 10.2 Å². The molecule has 0 spiro atoms. The molecule has 2 N–H and O–H groups in total. The van der Waals surface area contributed by atoms with Gasteiger partial charge in [-0.3, -0.25) is 4.79 Å². The van der Waals surface area contributed by atoms with E-state index in [0.29, 0.717) is 24.7 Å². The van der Waals surface area contributed by atoms with E-state index >= 15 is 0 Å². The van der Waals surface area contributed by atoms with Gasteiger partial charge in [0.1, 0.15) is 5.82 Å². The lowest BCUT2D eigenvalue weighted by Gasteiger charge is -2.09. The van der Waals surface area contributed by atoms with E-state index < -0.39 is 5.82 Å². The predicted molar refractivity (Wildman–Crippen MR) is 107 cm³/mol. The van der Waals surface area contributed by atoms with Gasteiger partial charge >= 0.3 is 0 Å². The first kappa shape index (κ1) is 20.2. The van der Waals surface area contributed by atoms with Crippen LogP contribution >= 0.6 is 0 Å². The average Bonchev–Trinajstić information content (AvgIpc) is 2.98. The van der Waals surface area contributed by atoms with Gasteiger partial charge in [0.05, 0.1) is 12.8 Å². The highest BCUT2D eigenvalue weighted by Crippen LogP contribution is 2.18. The number of carbonyl (C=O) groups is 1. The zero-order valence-electron chi connectivity index (χ0n) is 16.8. The van der Waals surface area contributed by atoms with Crippen LogP contribution in [0.3, 0.4) is 0 Å². The van der Waals surface area contributed by atoms with E-state index in [2.05, 4.69) is 25.9 Å². The molecular weight excluding hydrogens is 375 g/mol. The fraction of sp³-hybridized carbons (Fsp3) is 0.300. The lowest BCUT2D eigenvalue weighted by atomic mass is 10.2. The highest BCUT2D eigenvalue weighted by Gasteiger charge is 2.11. The summed E-state index contributed by atoms with van der Waals surface area (Å²) >= 11 is 0. The maximum atomic E-state index is 13.7. The third-order valence-electron chi connectivity index (χ3n) is 4.65. The normalized spacial score (nSPS) is 10.7. The van der Waals surface area contributed by atoms with Gasteiger partial charge in [0, 0.05) is 24.3 Å². The smallest absolute Gasteiger partial charge is 0.251 e. The van der Waals surface area contributed by atoms with Gasteiger partial charge in [-0.1, -0.05) is 0 Å². The van der Waals surface area contributed by atoms with E-state index in [4.69, 9.17) is 4.74 Å². The van der Waals surface area contributed by atoms with Crippen molar-refractivity contribution in [2.24, 2.45) is 0 Å². The maximum absolute atomic E-state index is 13.7. The third-order valence-corrected chi connectivity index (χ3v) is 4.65. The fourth-order valence-corrected chi connectivity index (χ4v) is 2.75. The Hall–Kier alpha value is -3.49. The van der Waals surface area contributed by atoms with Crippen molar-refractivity contribution >= 4 is 11.7 Å². The maximum Gasteiger partial charge on any atom is 0.251 e. The number of benzene rings is 1. The zero-order chi connectivity index (χ0) is 21.0. The number of carbonyl (C=O) groups excluding carboxylic acids is 1. The predicted octanol–water partition coefficient (Wildman–Crippen LogP) is 2.58. The standard InChI is InChI=1S/C20H23FN6O2/c1-12-13(2)26-27(14(12)3)19-8-7-18(24-25-19)22-9-10-23-20(28)15-5-6-17(29-4)16(21)11-15/h5-8,11H,9-10H2,1-4H3,(H,22,24)(H,23,28). The molecule has 0 fully saturated rings. The second-order valence-electron chi connectivity index (χ2n) is 6.52. The molecule has 0 aliphatic carbocycles. The summed E-state index contributed by atoms with van der Waals surface area (Å²) in [5, 5.41) is 18.6. The Morgan fingerprint density at radius 3 is 2.52 bits per heavy atom. The number of anilines is 1. The molecule has 3 rings (SSSR count). The van der Waals surface area contributed by atoms with E-state index in [1.54, 1.807) is 10.7 Å². The van der Waals surface area contributed by atoms with Crippen molar-refractivity contribution in [3.8, 4) is 11.6 Å². The summed E-state index contributed by atoms with van der Waals surface area (Å²) in [4.78, 5) is 12.1. The summed E-state index contributed by atoms with van der Waals surface area (Å²) in [7, 11) is 1.37. The van der Waals surface area contributed by atoms with Crippen LogP contribution in [0.15, 0.2) is 30.3 Å². The minimum atomic E-state index is -0.577. The van der Waals surface area contributed by atoms with Crippen LogP contribution in [0.5, 0.6) is 5.75 Å². The van der Waals surface area contributed by atoms with Gasteiger partial charge in [0.2, 0.25) is 0 Å². The summed E-state index contributed by atoms with van der Waals surface area (Å²) < 4.78 is 20.3. The average molecular weight is 398 g/mol. The second-order valence-corrected chi connectivity index (χ2v) is 6.52. The summed E-state index contributed by atoms with van der Waals surface area (Å²) in [5.41, 5.74) is 3.34. The highest BCUT2D eigenvalue weighted by molar-refractivity contribution is 5.94. The molecule has 0 unspecified atom stereocenters. The number of nitrogens with zero attached hydrogens (tertiary/aromatic N) is 4. The molecule has 2 heterocycles. The van der Waals surface area contributed by atoms with Gasteiger partial charge in [-0.15, -0.1) is 10.2 Å². The van der Waals surface area contributed by atoms with Crippen LogP contribution in [-0.4, -0.2) is 46.1 Å². The van der Waals surface area contributed by atoms with E-state index in [0.717, 1.165) is 23.0 Å². The lowest BCUT2D eigenvalue weighted by molar-refractivity contribution is 0.0954. The number of hydrogen-bond donors (Lipinski definition) is 2. The topological polar surface area (TPSA) is 94.0 Å². The molecular formula is C20H23FN6O2. The Kier molecular flexibility index (Phi) is 6.06. The number of aryl methyl sites for hydroxylation is 1. The molecule has 3 aromatic rings. The number of nitrogens with one attached hydrogen (secondary N) is 2. The molecule has 0 radical (unpaired) electrons. The first-order valence-corrected chi connectivity index (χ1v) is 9.13. The van der Waals surface area contributed by atoms with E-state index in [1.807, 2.05) is 26.8 Å². The molecule has 1 aromatic carbocycles. The van der Waals surface area contributed by atoms with Crippen molar-refractivity contribution in [2.45, 2.75) is 20.8 Å². The summed E-state index contributed by atoms with van der Waals surface area (Å²) in [6.07, 6.45) is 0. The first-order valence-electron chi connectivity index (χ1n) is 9.13. The van der Waals surface area contributed by atoms with Crippen LogP contribution in [0.2, 0.25) is 0 Å². The fourth-order valence-electron chi connectivity index (χ4n) is 2.75. The minimum Gasteiger partial charge on any atom is -0.494 e. The first-order chi connectivity index (χ1) is 13.9. The molecule has 152 valence electrons. The van der Waals surface area contributed by atoms with Crippen molar-refractivity contribution in [3.05, 3.63) is 58.7 Å². The number of rotatable bonds is 7. The van der Waals surface area contributed by atoms with Crippen LogP contribution < -0.4 is 15.4 Å². The molecule has 2 aromatic heterocycles. The SMILES string of the molecule is COc1ccc(C(=O)NCCNc2ccc(-n3nc(C)c(C)c3C)nn2)cc1F. The Morgan fingerprint density at radius 1 is 1.14 bits per heavy atom. The summed E-state index contributed by atoms with van der Waals surface area (Å²) in [6.45, 7) is 6.74. The number of aromatic nitrogens is 4. The molecule has 0 aliphatic rings. The molecule has 0 saturated carbocycles. The number of amides is 1. The van der Waals surface area contributed by atoms with Gasteiger partial charge in [0.25, 0.3) is 5.91 Å². The molecule has 0 bridgehead atoms. The zero-order valence-corrected chi connectivity index (χ0v) is 16.8. The van der Waals surface area contributed by atoms with Crippen molar-refractivity contribution in [3.63, 3.8) is 0 Å². The van der Waals surface area contributed by atoms with Crippen LogP contribution in [0.25, 0.3) is 5.82 Å². The number of ether oxygens (including phenoxy) is 1. The summed E-state index contributed by atoms with van der Waals surface area (Å²) in [6, 6.07) is 7.70. The Morgan fingerprint density at radius 2 is 1.93 bits per heavy atom. The van der Waals surface area contributed by atoms with Gasteiger partial charge in [-0.25, -0.2) is 9.07 Å². The Bertz CT molecular complexity index is 1020. The van der Waals surface area contributed by atoms with Crippen molar-refractivity contribution in [2.75, 3.05) is 25.5 Å². The molecule has 0 aliphatic heterocycles. The van der Waals surface area contributed by atoms with Crippen LogP contribution in [-0.2, 0) is 0 Å².